The fraction of sp³-hybridized carbons (Fsp3) is 0.435. The number of nitrogens with one attached hydrogen (secondary N) is 1. The highest BCUT2D eigenvalue weighted by atomic mass is 32.2. The van der Waals surface area contributed by atoms with E-state index < -0.39 is 0 Å². The van der Waals surface area contributed by atoms with E-state index in [2.05, 4.69) is 74.4 Å². The average molecular weight is 427 g/mol. The van der Waals surface area contributed by atoms with Crippen LogP contribution < -0.4 is 5.32 Å². The third-order valence-electron chi connectivity index (χ3n) is 4.66. The lowest BCUT2D eigenvalue weighted by molar-refractivity contribution is -0.118. The molecule has 1 amide bonds. The molecule has 160 valence electrons. The molecule has 1 aromatic carbocycles. The van der Waals surface area contributed by atoms with Gasteiger partial charge >= 0.3 is 0 Å². The van der Waals surface area contributed by atoms with E-state index in [0.29, 0.717) is 29.9 Å². The summed E-state index contributed by atoms with van der Waals surface area (Å²) in [4.78, 5) is 12.1. The molecule has 0 saturated heterocycles. The number of amides is 1. The first-order chi connectivity index (χ1) is 14.2. The van der Waals surface area contributed by atoms with Gasteiger partial charge in [-0.05, 0) is 29.0 Å². The summed E-state index contributed by atoms with van der Waals surface area (Å²) in [6, 6.07) is 12.2. The molecule has 2 heterocycles. The second kappa shape index (κ2) is 9.51. The molecule has 0 aliphatic rings. The normalized spacial score (nSPS) is 11.8. The van der Waals surface area contributed by atoms with Crippen LogP contribution >= 0.6 is 11.8 Å². The van der Waals surface area contributed by atoms with Crippen LogP contribution in [0.15, 0.2) is 52.2 Å². The summed E-state index contributed by atoms with van der Waals surface area (Å²) in [5.74, 6) is 2.29. The van der Waals surface area contributed by atoms with Crippen molar-refractivity contribution in [3.8, 4) is 11.4 Å². The van der Waals surface area contributed by atoms with Crippen molar-refractivity contribution in [3.05, 3.63) is 54.0 Å². The van der Waals surface area contributed by atoms with E-state index in [9.17, 15) is 4.79 Å². The van der Waals surface area contributed by atoms with Gasteiger partial charge in [0.05, 0.1) is 18.6 Å². The molecule has 30 heavy (non-hydrogen) atoms. The van der Waals surface area contributed by atoms with E-state index >= 15 is 0 Å². The van der Waals surface area contributed by atoms with Crippen molar-refractivity contribution in [3.63, 3.8) is 0 Å². The molecular formula is C23H30N4O2S. The van der Waals surface area contributed by atoms with Crippen molar-refractivity contribution >= 4 is 17.7 Å². The fourth-order valence-corrected chi connectivity index (χ4v) is 3.70. The SMILES string of the molecule is CC(C)CNC(=O)CSc1nnc(-c2ccc(C(C)(C)C)cc2)n1Cc1ccco1. The Morgan fingerprint density at radius 1 is 1.17 bits per heavy atom. The van der Waals surface area contributed by atoms with Crippen LogP contribution in [-0.4, -0.2) is 33.0 Å². The number of carbonyl (C=O) groups is 1. The molecule has 0 aliphatic carbocycles. The number of hydrogen-bond donors (Lipinski definition) is 1. The van der Waals surface area contributed by atoms with Gasteiger partial charge in [0.15, 0.2) is 11.0 Å². The molecule has 6 nitrogen and oxygen atoms in total. The van der Waals surface area contributed by atoms with Gasteiger partial charge in [-0.2, -0.15) is 0 Å². The van der Waals surface area contributed by atoms with Crippen LogP contribution in [0.1, 0.15) is 45.9 Å². The zero-order valence-corrected chi connectivity index (χ0v) is 19.1. The van der Waals surface area contributed by atoms with E-state index in [-0.39, 0.29) is 11.3 Å². The Labute approximate surface area is 182 Å². The van der Waals surface area contributed by atoms with Crippen molar-refractivity contribution in [2.24, 2.45) is 5.92 Å². The maximum Gasteiger partial charge on any atom is 0.230 e. The van der Waals surface area contributed by atoms with Crippen LogP contribution in [0.4, 0.5) is 0 Å². The third-order valence-corrected chi connectivity index (χ3v) is 5.63. The van der Waals surface area contributed by atoms with Crippen molar-refractivity contribution in [2.45, 2.75) is 51.7 Å². The zero-order valence-electron chi connectivity index (χ0n) is 18.3. The fourth-order valence-electron chi connectivity index (χ4n) is 2.93. The molecule has 7 heteroatoms. The number of carbonyl (C=O) groups excluding carboxylic acids is 1. The Bertz CT molecular complexity index is 954. The molecule has 0 aliphatic heterocycles. The molecule has 0 bridgehead atoms. The van der Waals surface area contributed by atoms with Gasteiger partial charge in [-0.15, -0.1) is 10.2 Å². The molecule has 0 unspecified atom stereocenters. The highest BCUT2D eigenvalue weighted by Gasteiger charge is 2.18. The van der Waals surface area contributed by atoms with Gasteiger partial charge in [-0.1, -0.05) is 70.6 Å². The molecule has 2 aromatic heterocycles. The Kier molecular flexibility index (Phi) is 7.02. The predicted octanol–water partition coefficient (Wildman–Crippen LogP) is 4.75. The van der Waals surface area contributed by atoms with Crippen LogP contribution in [0.25, 0.3) is 11.4 Å². The van der Waals surface area contributed by atoms with Gasteiger partial charge in [0.25, 0.3) is 0 Å². The van der Waals surface area contributed by atoms with Crippen molar-refractivity contribution in [1.82, 2.24) is 20.1 Å². The second-order valence-electron chi connectivity index (χ2n) is 8.79. The molecule has 0 fully saturated rings. The highest BCUT2D eigenvalue weighted by Crippen LogP contribution is 2.28. The predicted molar refractivity (Wildman–Crippen MR) is 121 cm³/mol. The number of hydrogen-bond acceptors (Lipinski definition) is 5. The first-order valence-electron chi connectivity index (χ1n) is 10.2. The van der Waals surface area contributed by atoms with Crippen molar-refractivity contribution in [1.29, 1.82) is 0 Å². The summed E-state index contributed by atoms with van der Waals surface area (Å²) >= 11 is 1.39. The van der Waals surface area contributed by atoms with Gasteiger partial charge in [0, 0.05) is 12.1 Å². The van der Waals surface area contributed by atoms with Crippen molar-refractivity contribution < 1.29 is 9.21 Å². The quantitative estimate of drug-likeness (QED) is 0.526. The van der Waals surface area contributed by atoms with E-state index in [0.717, 1.165) is 17.1 Å². The Hall–Kier alpha value is -2.54. The van der Waals surface area contributed by atoms with E-state index in [4.69, 9.17) is 4.42 Å². The monoisotopic (exact) mass is 426 g/mol. The van der Waals surface area contributed by atoms with Gasteiger partial charge in [-0.3, -0.25) is 9.36 Å². The topological polar surface area (TPSA) is 73.0 Å². The van der Waals surface area contributed by atoms with Gasteiger partial charge in [-0.25, -0.2) is 0 Å². The Morgan fingerprint density at radius 3 is 2.50 bits per heavy atom. The minimum absolute atomic E-state index is 0.00247. The maximum atomic E-state index is 12.1. The number of rotatable bonds is 8. The molecule has 1 N–H and O–H groups in total. The summed E-state index contributed by atoms with van der Waals surface area (Å²) in [6.07, 6.45) is 1.66. The summed E-state index contributed by atoms with van der Waals surface area (Å²) < 4.78 is 7.55. The van der Waals surface area contributed by atoms with Gasteiger partial charge < -0.3 is 9.73 Å². The minimum atomic E-state index is -0.00247. The van der Waals surface area contributed by atoms with E-state index in [1.54, 1.807) is 6.26 Å². The Morgan fingerprint density at radius 2 is 1.90 bits per heavy atom. The lowest BCUT2D eigenvalue weighted by atomic mass is 9.87. The summed E-state index contributed by atoms with van der Waals surface area (Å²) in [5, 5.41) is 12.4. The molecule has 3 aromatic rings. The minimum Gasteiger partial charge on any atom is -0.467 e. The molecule has 0 radical (unpaired) electrons. The Balaban J connectivity index is 1.83. The summed E-state index contributed by atoms with van der Waals surface area (Å²) in [5.41, 5.74) is 2.34. The zero-order chi connectivity index (χ0) is 21.7. The second-order valence-corrected chi connectivity index (χ2v) is 9.73. The van der Waals surface area contributed by atoms with Gasteiger partial charge in [0.1, 0.15) is 5.76 Å². The van der Waals surface area contributed by atoms with Crippen LogP contribution in [0.5, 0.6) is 0 Å². The number of furan rings is 1. The number of nitrogens with zero attached hydrogens (tertiary/aromatic N) is 3. The highest BCUT2D eigenvalue weighted by molar-refractivity contribution is 7.99. The molecule has 0 spiro atoms. The summed E-state index contributed by atoms with van der Waals surface area (Å²) in [6.45, 7) is 11.9. The first-order valence-corrected chi connectivity index (χ1v) is 11.2. The largest absolute Gasteiger partial charge is 0.467 e. The van der Waals surface area contributed by atoms with E-state index in [1.807, 2.05) is 16.7 Å². The third kappa shape index (κ3) is 5.75. The number of thioether (sulfide) groups is 1. The maximum absolute atomic E-state index is 12.1. The van der Waals surface area contributed by atoms with Crippen molar-refractivity contribution in [2.75, 3.05) is 12.3 Å². The number of aromatic nitrogens is 3. The molecule has 3 rings (SSSR count). The van der Waals surface area contributed by atoms with Crippen LogP contribution in [0.2, 0.25) is 0 Å². The smallest absolute Gasteiger partial charge is 0.230 e. The molecule has 0 atom stereocenters. The molecule has 0 saturated carbocycles. The van der Waals surface area contributed by atoms with E-state index in [1.165, 1.54) is 17.3 Å². The first kappa shape index (κ1) is 22.2. The standard InChI is InChI=1S/C23H30N4O2S/c1-16(2)13-24-20(28)15-30-22-26-25-21(27(22)14-19-7-6-12-29-19)17-8-10-18(11-9-17)23(3,4)5/h6-12,16H,13-15H2,1-5H3,(H,24,28). The van der Waals surface area contributed by atoms with Crippen LogP contribution in [0.3, 0.4) is 0 Å². The van der Waals surface area contributed by atoms with Crippen LogP contribution in [0, 0.1) is 5.92 Å². The number of benzene rings is 1. The average Bonchev–Trinajstić information content (AvgIpc) is 3.34. The summed E-state index contributed by atoms with van der Waals surface area (Å²) in [7, 11) is 0. The van der Waals surface area contributed by atoms with Gasteiger partial charge in [0.2, 0.25) is 5.91 Å². The lowest BCUT2D eigenvalue weighted by Gasteiger charge is -2.19. The molecular weight excluding hydrogens is 396 g/mol. The lowest BCUT2D eigenvalue weighted by Crippen LogP contribution is -2.28. The van der Waals surface area contributed by atoms with Crippen LogP contribution in [-0.2, 0) is 16.8 Å².